The summed E-state index contributed by atoms with van der Waals surface area (Å²) in [4.78, 5) is 2.50. The van der Waals surface area contributed by atoms with Gasteiger partial charge in [-0.1, -0.05) is 12.8 Å². The highest BCUT2D eigenvalue weighted by Gasteiger charge is 2.36. The maximum absolute atomic E-state index is 13.5. The summed E-state index contributed by atoms with van der Waals surface area (Å²) >= 11 is 0. The van der Waals surface area contributed by atoms with Gasteiger partial charge in [0.25, 0.3) is 0 Å². The highest BCUT2D eigenvalue weighted by Crippen LogP contribution is 2.40. The molecule has 1 unspecified atom stereocenters. The predicted molar refractivity (Wildman–Crippen MR) is 78.2 cm³/mol. The van der Waals surface area contributed by atoms with Gasteiger partial charge in [-0.25, -0.2) is 4.39 Å². The first kappa shape index (κ1) is 13.9. The van der Waals surface area contributed by atoms with E-state index in [1.54, 1.807) is 0 Å². The standard InChI is InChI=1S/C17H24FNO/c1-12(15-11-14(18)8-9-17(15)20)19-10-4-6-13-5-2-3-7-16(13)19/h8-9,11-13,16,20H,2-7,10H2,1H3/t12?,13-,16-/m1/s1. The van der Waals surface area contributed by atoms with Crippen molar-refractivity contribution in [2.75, 3.05) is 6.54 Å². The van der Waals surface area contributed by atoms with Gasteiger partial charge >= 0.3 is 0 Å². The summed E-state index contributed by atoms with van der Waals surface area (Å²) in [6.45, 7) is 3.17. The Labute approximate surface area is 120 Å². The normalized spacial score (nSPS) is 28.9. The van der Waals surface area contributed by atoms with Crippen LogP contribution in [0, 0.1) is 11.7 Å². The number of rotatable bonds is 2. The van der Waals surface area contributed by atoms with Gasteiger partial charge in [-0.05, 0) is 63.3 Å². The second kappa shape index (κ2) is 5.72. The smallest absolute Gasteiger partial charge is 0.123 e. The van der Waals surface area contributed by atoms with Gasteiger partial charge in [-0.3, -0.25) is 4.90 Å². The van der Waals surface area contributed by atoms with E-state index < -0.39 is 0 Å². The number of likely N-dealkylation sites (tertiary alicyclic amines) is 1. The SMILES string of the molecule is CC(c1cc(F)ccc1O)N1CCC[C@H]2CCCC[C@H]21. The van der Waals surface area contributed by atoms with E-state index in [0.29, 0.717) is 6.04 Å². The van der Waals surface area contributed by atoms with Crippen LogP contribution < -0.4 is 0 Å². The maximum Gasteiger partial charge on any atom is 0.123 e. The van der Waals surface area contributed by atoms with Crippen LogP contribution in [0.25, 0.3) is 0 Å². The quantitative estimate of drug-likeness (QED) is 0.873. The van der Waals surface area contributed by atoms with E-state index in [4.69, 9.17) is 0 Å². The van der Waals surface area contributed by atoms with Gasteiger partial charge in [-0.15, -0.1) is 0 Å². The molecule has 1 aliphatic carbocycles. The second-order valence-electron chi connectivity index (χ2n) is 6.37. The molecule has 1 aromatic rings. The van der Waals surface area contributed by atoms with E-state index >= 15 is 0 Å². The lowest BCUT2D eigenvalue weighted by Crippen LogP contribution is -2.47. The third-order valence-electron chi connectivity index (χ3n) is 5.22. The molecule has 1 N–H and O–H groups in total. The largest absolute Gasteiger partial charge is 0.508 e. The number of nitrogens with zero attached hydrogens (tertiary/aromatic N) is 1. The van der Waals surface area contributed by atoms with Crippen LogP contribution in [-0.4, -0.2) is 22.6 Å². The first-order chi connectivity index (χ1) is 9.66. The van der Waals surface area contributed by atoms with Gasteiger partial charge < -0.3 is 5.11 Å². The first-order valence-electron chi connectivity index (χ1n) is 7.91. The Morgan fingerprint density at radius 2 is 1.95 bits per heavy atom. The zero-order chi connectivity index (χ0) is 14.1. The Morgan fingerprint density at radius 3 is 2.80 bits per heavy atom. The van der Waals surface area contributed by atoms with E-state index in [2.05, 4.69) is 11.8 Å². The topological polar surface area (TPSA) is 23.5 Å². The molecule has 2 fully saturated rings. The van der Waals surface area contributed by atoms with Crippen LogP contribution in [0.5, 0.6) is 5.75 Å². The van der Waals surface area contributed by atoms with E-state index in [1.165, 1.54) is 56.7 Å². The summed E-state index contributed by atoms with van der Waals surface area (Å²) in [5.74, 6) is 0.759. The highest BCUT2D eigenvalue weighted by molar-refractivity contribution is 5.35. The van der Waals surface area contributed by atoms with Crippen LogP contribution in [0.3, 0.4) is 0 Å². The summed E-state index contributed by atoms with van der Waals surface area (Å²) in [5.41, 5.74) is 0.733. The molecule has 1 saturated heterocycles. The Hall–Kier alpha value is -1.09. The molecular weight excluding hydrogens is 253 g/mol. The summed E-state index contributed by atoms with van der Waals surface area (Å²) in [7, 11) is 0. The molecular formula is C17H24FNO. The lowest BCUT2D eigenvalue weighted by molar-refractivity contribution is 0.0300. The molecule has 3 atom stereocenters. The average molecular weight is 277 g/mol. The molecule has 2 aliphatic rings. The Kier molecular flexibility index (Phi) is 3.97. The van der Waals surface area contributed by atoms with Crippen LogP contribution in [0.15, 0.2) is 18.2 Å². The zero-order valence-corrected chi connectivity index (χ0v) is 12.2. The van der Waals surface area contributed by atoms with Gasteiger partial charge in [0, 0.05) is 17.6 Å². The van der Waals surface area contributed by atoms with Gasteiger partial charge in [0.2, 0.25) is 0 Å². The van der Waals surface area contributed by atoms with E-state index in [9.17, 15) is 9.50 Å². The molecule has 3 heteroatoms. The molecule has 2 nitrogen and oxygen atoms in total. The number of aromatic hydroxyl groups is 1. The van der Waals surface area contributed by atoms with Gasteiger partial charge in [-0.2, -0.15) is 0 Å². The summed E-state index contributed by atoms with van der Waals surface area (Å²) in [6, 6.07) is 5.01. The molecule has 0 aromatic heterocycles. The number of hydrogen-bond acceptors (Lipinski definition) is 2. The fraction of sp³-hybridized carbons (Fsp3) is 0.647. The van der Waals surface area contributed by atoms with Gasteiger partial charge in [0.05, 0.1) is 0 Å². The van der Waals surface area contributed by atoms with Crippen molar-refractivity contribution >= 4 is 0 Å². The van der Waals surface area contributed by atoms with E-state index in [-0.39, 0.29) is 17.6 Å². The van der Waals surface area contributed by atoms with Crippen molar-refractivity contribution in [1.29, 1.82) is 0 Å². The monoisotopic (exact) mass is 277 g/mol. The number of benzene rings is 1. The minimum Gasteiger partial charge on any atom is -0.508 e. The number of hydrogen-bond donors (Lipinski definition) is 1. The van der Waals surface area contributed by atoms with Crippen molar-refractivity contribution in [1.82, 2.24) is 4.90 Å². The van der Waals surface area contributed by atoms with Crippen LogP contribution >= 0.6 is 0 Å². The van der Waals surface area contributed by atoms with Crippen LogP contribution in [0.4, 0.5) is 4.39 Å². The molecule has 0 radical (unpaired) electrons. The Morgan fingerprint density at radius 1 is 1.20 bits per heavy atom. The molecule has 1 aromatic carbocycles. The lowest BCUT2D eigenvalue weighted by Gasteiger charge is -2.47. The fourth-order valence-electron chi connectivity index (χ4n) is 4.18. The van der Waals surface area contributed by atoms with Crippen molar-refractivity contribution in [2.45, 2.75) is 57.5 Å². The highest BCUT2D eigenvalue weighted by atomic mass is 19.1. The minimum atomic E-state index is -0.262. The van der Waals surface area contributed by atoms with Crippen LogP contribution in [0.1, 0.15) is 57.1 Å². The van der Waals surface area contributed by atoms with Crippen LogP contribution in [0.2, 0.25) is 0 Å². The summed E-state index contributed by atoms with van der Waals surface area (Å²) in [5, 5.41) is 10.0. The zero-order valence-electron chi connectivity index (χ0n) is 12.2. The van der Waals surface area contributed by atoms with Crippen LogP contribution in [-0.2, 0) is 0 Å². The molecule has 110 valence electrons. The van der Waals surface area contributed by atoms with Gasteiger partial charge in [0.1, 0.15) is 11.6 Å². The number of phenols is 1. The van der Waals surface area contributed by atoms with Gasteiger partial charge in [0.15, 0.2) is 0 Å². The second-order valence-corrected chi connectivity index (χ2v) is 6.37. The molecule has 20 heavy (non-hydrogen) atoms. The first-order valence-corrected chi connectivity index (χ1v) is 7.91. The number of phenolic OH excluding ortho intramolecular Hbond substituents is 1. The number of halogens is 1. The molecule has 0 spiro atoms. The minimum absolute atomic E-state index is 0.0941. The fourth-order valence-corrected chi connectivity index (χ4v) is 4.18. The average Bonchev–Trinajstić information content (AvgIpc) is 2.48. The summed E-state index contributed by atoms with van der Waals surface area (Å²) in [6.07, 6.45) is 7.81. The predicted octanol–water partition coefficient (Wildman–Crippen LogP) is 4.25. The van der Waals surface area contributed by atoms with Crippen molar-refractivity contribution in [3.8, 4) is 5.75 Å². The number of piperidine rings is 1. The molecule has 0 amide bonds. The van der Waals surface area contributed by atoms with Crippen molar-refractivity contribution in [3.05, 3.63) is 29.6 Å². The molecule has 0 bridgehead atoms. The molecule has 3 rings (SSSR count). The third-order valence-corrected chi connectivity index (χ3v) is 5.22. The third kappa shape index (κ3) is 2.56. The van der Waals surface area contributed by atoms with E-state index in [1.807, 2.05) is 0 Å². The van der Waals surface area contributed by atoms with Crippen molar-refractivity contribution in [2.24, 2.45) is 5.92 Å². The van der Waals surface area contributed by atoms with Crippen molar-refractivity contribution < 1.29 is 9.50 Å². The molecule has 1 heterocycles. The maximum atomic E-state index is 13.5. The Bertz CT molecular complexity index is 474. The molecule has 1 saturated carbocycles. The van der Waals surface area contributed by atoms with E-state index in [0.717, 1.165) is 18.0 Å². The van der Waals surface area contributed by atoms with Crippen molar-refractivity contribution in [3.63, 3.8) is 0 Å². The number of fused-ring (bicyclic) bond motifs is 1. The molecule has 1 aliphatic heterocycles. The Balaban J connectivity index is 1.84. The lowest BCUT2D eigenvalue weighted by atomic mass is 9.77. The summed E-state index contributed by atoms with van der Waals surface area (Å²) < 4.78 is 13.5.